The summed E-state index contributed by atoms with van der Waals surface area (Å²) >= 11 is 6.41. The van der Waals surface area contributed by atoms with Crippen LogP contribution in [0.2, 0.25) is 5.02 Å². The van der Waals surface area contributed by atoms with Crippen molar-refractivity contribution in [3.63, 3.8) is 0 Å². The minimum Gasteiger partial charge on any atom is -0.396 e. The third-order valence-electron chi connectivity index (χ3n) is 8.11. The van der Waals surface area contributed by atoms with Crippen LogP contribution in [-0.2, 0) is 6.42 Å². The molecule has 4 nitrogen and oxygen atoms in total. The molecule has 1 aromatic rings. The minimum absolute atomic E-state index is 0.0188. The third kappa shape index (κ3) is 5.64. The lowest BCUT2D eigenvalue weighted by atomic mass is 9.49. The monoisotopic (exact) mass is 446 g/mol. The van der Waals surface area contributed by atoms with Crippen molar-refractivity contribution in [2.75, 3.05) is 19.7 Å². The SMILES string of the molecule is CCC(CCO)NCCCc1ccc(Cl)c(C(=O)NCC23CC4CC(CC(C4)C2)C3)c1. The number of aliphatic hydroxyl groups is 1. The molecule has 0 aliphatic heterocycles. The maximum Gasteiger partial charge on any atom is 0.252 e. The van der Waals surface area contributed by atoms with Crippen molar-refractivity contribution in [3.8, 4) is 0 Å². The van der Waals surface area contributed by atoms with Crippen molar-refractivity contribution in [1.29, 1.82) is 0 Å². The Morgan fingerprint density at radius 3 is 2.48 bits per heavy atom. The maximum absolute atomic E-state index is 13.0. The number of carbonyl (C=O) groups excluding carboxylic acids is 1. The van der Waals surface area contributed by atoms with Crippen molar-refractivity contribution >= 4 is 17.5 Å². The Labute approximate surface area is 192 Å². The maximum atomic E-state index is 13.0. The summed E-state index contributed by atoms with van der Waals surface area (Å²) in [6.45, 7) is 4.09. The Hall–Kier alpha value is -1.10. The molecular formula is C26H39ClN2O2. The number of halogens is 1. The summed E-state index contributed by atoms with van der Waals surface area (Å²) in [5, 5.41) is 16.4. The summed E-state index contributed by atoms with van der Waals surface area (Å²) < 4.78 is 0. The van der Waals surface area contributed by atoms with Crippen LogP contribution in [0.3, 0.4) is 0 Å². The van der Waals surface area contributed by atoms with Crippen molar-refractivity contribution in [1.82, 2.24) is 10.6 Å². The van der Waals surface area contributed by atoms with E-state index in [0.717, 1.165) is 62.1 Å². The molecule has 4 fully saturated rings. The molecular weight excluding hydrogens is 408 g/mol. The quantitative estimate of drug-likeness (QED) is 0.420. The van der Waals surface area contributed by atoms with Gasteiger partial charge in [0.25, 0.3) is 5.91 Å². The molecule has 5 heteroatoms. The molecule has 1 unspecified atom stereocenters. The second-order valence-corrected chi connectivity index (χ2v) is 11.0. The van der Waals surface area contributed by atoms with Crippen molar-refractivity contribution in [2.45, 2.75) is 77.2 Å². The molecule has 172 valence electrons. The topological polar surface area (TPSA) is 61.4 Å². The largest absolute Gasteiger partial charge is 0.396 e. The summed E-state index contributed by atoms with van der Waals surface area (Å²) in [6, 6.07) is 6.25. The first kappa shape index (κ1) is 23.1. The number of carbonyl (C=O) groups is 1. The zero-order valence-corrected chi connectivity index (χ0v) is 19.7. The normalized spacial score (nSPS) is 29.8. The van der Waals surface area contributed by atoms with E-state index >= 15 is 0 Å². The lowest BCUT2D eigenvalue weighted by molar-refractivity contribution is -0.0503. The second kappa shape index (κ2) is 10.2. The molecule has 4 aliphatic carbocycles. The van der Waals surface area contributed by atoms with Gasteiger partial charge in [0.05, 0.1) is 10.6 Å². The van der Waals surface area contributed by atoms with Crippen molar-refractivity contribution in [2.24, 2.45) is 23.2 Å². The van der Waals surface area contributed by atoms with Gasteiger partial charge in [-0.1, -0.05) is 24.6 Å². The van der Waals surface area contributed by atoms with Gasteiger partial charge in [0.2, 0.25) is 0 Å². The number of benzene rings is 1. The first-order valence-electron chi connectivity index (χ1n) is 12.4. The van der Waals surface area contributed by atoms with Gasteiger partial charge >= 0.3 is 0 Å². The fraction of sp³-hybridized carbons (Fsp3) is 0.731. The van der Waals surface area contributed by atoms with Gasteiger partial charge in [-0.25, -0.2) is 0 Å². The minimum atomic E-state index is -0.0188. The fourth-order valence-electron chi connectivity index (χ4n) is 6.98. The highest BCUT2D eigenvalue weighted by atomic mass is 35.5. The van der Waals surface area contributed by atoms with E-state index in [4.69, 9.17) is 16.7 Å². The van der Waals surface area contributed by atoms with E-state index in [2.05, 4.69) is 17.6 Å². The smallest absolute Gasteiger partial charge is 0.252 e. The van der Waals surface area contributed by atoms with Gasteiger partial charge in [-0.15, -0.1) is 0 Å². The second-order valence-electron chi connectivity index (χ2n) is 10.6. The number of hydrogen-bond acceptors (Lipinski definition) is 3. The molecule has 1 amide bonds. The standard InChI is InChI=1S/C26H39ClN2O2/c1-2-22(7-9-30)28-8-3-4-18-5-6-24(27)23(13-18)25(31)29-17-26-14-19-10-20(15-26)12-21(11-19)16-26/h5-6,13,19-22,28,30H,2-4,7-12,14-17H2,1H3,(H,29,31). The number of aryl methyl sites for hydroxylation is 1. The lowest BCUT2D eigenvalue weighted by Gasteiger charge is -2.56. The molecule has 0 saturated heterocycles. The van der Waals surface area contributed by atoms with Gasteiger partial charge in [0.1, 0.15) is 0 Å². The molecule has 31 heavy (non-hydrogen) atoms. The van der Waals surface area contributed by atoms with Crippen LogP contribution < -0.4 is 10.6 Å². The number of amides is 1. The zero-order valence-electron chi connectivity index (χ0n) is 19.0. The van der Waals surface area contributed by atoms with Gasteiger partial charge in [-0.2, -0.15) is 0 Å². The van der Waals surface area contributed by atoms with E-state index in [9.17, 15) is 4.79 Å². The fourth-order valence-corrected chi connectivity index (χ4v) is 7.18. The van der Waals surface area contributed by atoms with Crippen LogP contribution in [0.15, 0.2) is 18.2 Å². The molecule has 3 N–H and O–H groups in total. The molecule has 4 aliphatic rings. The summed E-state index contributed by atoms with van der Waals surface area (Å²) in [6.07, 6.45) is 11.9. The Bertz CT molecular complexity index is 730. The Kier molecular flexibility index (Phi) is 7.61. The highest BCUT2D eigenvalue weighted by Gasteiger charge is 2.50. The first-order valence-corrected chi connectivity index (χ1v) is 12.8. The number of aliphatic hydroxyl groups excluding tert-OH is 1. The van der Waals surface area contributed by atoms with E-state index in [1.54, 1.807) is 0 Å². The molecule has 5 rings (SSSR count). The van der Waals surface area contributed by atoms with E-state index in [1.807, 2.05) is 18.2 Å². The van der Waals surface area contributed by atoms with Crippen molar-refractivity contribution in [3.05, 3.63) is 34.3 Å². The average molecular weight is 447 g/mol. The van der Waals surface area contributed by atoms with Gasteiger partial charge in [-0.3, -0.25) is 4.79 Å². The Balaban J connectivity index is 1.29. The van der Waals surface area contributed by atoms with Crippen LogP contribution in [0.5, 0.6) is 0 Å². The van der Waals surface area contributed by atoms with Crippen LogP contribution in [-0.4, -0.2) is 36.8 Å². The molecule has 0 aromatic heterocycles. The van der Waals surface area contributed by atoms with E-state index in [0.29, 0.717) is 22.0 Å². The molecule has 1 atom stereocenters. The highest BCUT2D eigenvalue weighted by molar-refractivity contribution is 6.33. The highest BCUT2D eigenvalue weighted by Crippen LogP contribution is 2.59. The Morgan fingerprint density at radius 1 is 1.19 bits per heavy atom. The molecule has 4 bridgehead atoms. The predicted octanol–water partition coefficient (Wildman–Crippen LogP) is 4.97. The summed E-state index contributed by atoms with van der Waals surface area (Å²) in [5.74, 6) is 2.67. The van der Waals surface area contributed by atoms with Crippen LogP contribution in [0.1, 0.15) is 80.6 Å². The van der Waals surface area contributed by atoms with Gasteiger partial charge in [0, 0.05) is 19.2 Å². The van der Waals surface area contributed by atoms with Gasteiger partial charge in [0.15, 0.2) is 0 Å². The number of hydrogen-bond donors (Lipinski definition) is 3. The first-order chi connectivity index (χ1) is 15.0. The van der Waals surface area contributed by atoms with Crippen LogP contribution in [0, 0.1) is 23.2 Å². The van der Waals surface area contributed by atoms with E-state index in [1.165, 1.54) is 38.5 Å². The average Bonchev–Trinajstić information content (AvgIpc) is 2.74. The van der Waals surface area contributed by atoms with Gasteiger partial charge < -0.3 is 15.7 Å². The summed E-state index contributed by atoms with van der Waals surface area (Å²) in [7, 11) is 0. The number of rotatable bonds is 11. The predicted molar refractivity (Wildman–Crippen MR) is 126 cm³/mol. The van der Waals surface area contributed by atoms with Crippen LogP contribution in [0.25, 0.3) is 0 Å². The Morgan fingerprint density at radius 2 is 1.87 bits per heavy atom. The van der Waals surface area contributed by atoms with E-state index < -0.39 is 0 Å². The van der Waals surface area contributed by atoms with E-state index in [-0.39, 0.29) is 12.5 Å². The van der Waals surface area contributed by atoms with Crippen molar-refractivity contribution < 1.29 is 9.90 Å². The summed E-state index contributed by atoms with van der Waals surface area (Å²) in [4.78, 5) is 13.0. The van der Waals surface area contributed by atoms with Crippen LogP contribution >= 0.6 is 11.6 Å². The molecule has 0 heterocycles. The van der Waals surface area contributed by atoms with Gasteiger partial charge in [-0.05, 0) is 112 Å². The molecule has 0 radical (unpaired) electrons. The molecule has 4 saturated carbocycles. The molecule has 1 aromatic carbocycles. The third-order valence-corrected chi connectivity index (χ3v) is 8.44. The lowest BCUT2D eigenvalue weighted by Crippen LogP contribution is -2.51. The zero-order chi connectivity index (χ0) is 21.8. The summed E-state index contributed by atoms with van der Waals surface area (Å²) in [5.41, 5.74) is 2.11. The van der Waals surface area contributed by atoms with Crippen LogP contribution in [0.4, 0.5) is 0 Å². The number of nitrogens with one attached hydrogen (secondary N) is 2. The molecule has 0 spiro atoms.